The van der Waals surface area contributed by atoms with Crippen LogP contribution in [0.3, 0.4) is 0 Å². The molecule has 0 aliphatic rings. The van der Waals surface area contributed by atoms with Crippen molar-refractivity contribution in [3.05, 3.63) is 35.1 Å². The summed E-state index contributed by atoms with van der Waals surface area (Å²) in [7, 11) is 0. The number of halogens is 1. The van der Waals surface area contributed by atoms with E-state index in [-0.39, 0.29) is 17.7 Å². The Morgan fingerprint density at radius 2 is 1.70 bits per heavy atom. The molecule has 0 aromatic heterocycles. The SMILES string of the molecule is Cc1cc(F)ccc1[C@@H](C(C)C)[C@H](C)OC(=O)[C@H](C)NC(=O)OC(C)(C)C. The Balaban J connectivity index is 2.82. The molecule has 27 heavy (non-hydrogen) atoms. The van der Waals surface area contributed by atoms with Crippen molar-refractivity contribution in [1.29, 1.82) is 0 Å². The van der Waals surface area contributed by atoms with E-state index in [1.54, 1.807) is 33.8 Å². The maximum atomic E-state index is 13.4. The minimum Gasteiger partial charge on any atom is -0.460 e. The second kappa shape index (κ2) is 9.20. The summed E-state index contributed by atoms with van der Waals surface area (Å²) in [6.45, 7) is 14.5. The topological polar surface area (TPSA) is 64.6 Å². The van der Waals surface area contributed by atoms with Gasteiger partial charge < -0.3 is 14.8 Å². The highest BCUT2D eigenvalue weighted by atomic mass is 19.1. The van der Waals surface area contributed by atoms with E-state index in [0.717, 1.165) is 11.1 Å². The van der Waals surface area contributed by atoms with Crippen LogP contribution in [0.25, 0.3) is 0 Å². The number of alkyl carbamates (subject to hydrolysis) is 1. The van der Waals surface area contributed by atoms with Crippen LogP contribution >= 0.6 is 0 Å². The monoisotopic (exact) mass is 381 g/mol. The van der Waals surface area contributed by atoms with E-state index >= 15 is 0 Å². The minimum absolute atomic E-state index is 0.0942. The number of hydrogen-bond acceptors (Lipinski definition) is 4. The number of esters is 1. The molecule has 1 amide bonds. The van der Waals surface area contributed by atoms with Gasteiger partial charge in [-0.05, 0) is 70.7 Å². The summed E-state index contributed by atoms with van der Waals surface area (Å²) in [5.41, 5.74) is 1.11. The van der Waals surface area contributed by atoms with Crippen molar-refractivity contribution >= 4 is 12.1 Å². The van der Waals surface area contributed by atoms with Gasteiger partial charge in [0.05, 0.1) is 0 Å². The lowest BCUT2D eigenvalue weighted by Crippen LogP contribution is -2.43. The first-order valence-electron chi connectivity index (χ1n) is 9.28. The number of hydrogen-bond donors (Lipinski definition) is 1. The quantitative estimate of drug-likeness (QED) is 0.724. The third kappa shape index (κ3) is 7.19. The van der Waals surface area contributed by atoms with Crippen molar-refractivity contribution in [2.75, 3.05) is 0 Å². The molecule has 0 unspecified atom stereocenters. The van der Waals surface area contributed by atoms with E-state index < -0.39 is 29.8 Å². The Kier molecular flexibility index (Phi) is 7.81. The van der Waals surface area contributed by atoms with Gasteiger partial charge in [0.15, 0.2) is 0 Å². The molecule has 1 aromatic rings. The maximum absolute atomic E-state index is 13.4. The zero-order valence-electron chi connectivity index (χ0n) is 17.6. The van der Waals surface area contributed by atoms with Crippen molar-refractivity contribution in [2.45, 2.75) is 79.1 Å². The zero-order valence-corrected chi connectivity index (χ0v) is 17.6. The van der Waals surface area contributed by atoms with Crippen LogP contribution in [0.1, 0.15) is 65.5 Å². The van der Waals surface area contributed by atoms with Gasteiger partial charge in [0.1, 0.15) is 23.6 Å². The summed E-state index contributed by atoms with van der Waals surface area (Å²) in [4.78, 5) is 24.2. The van der Waals surface area contributed by atoms with Crippen LogP contribution in [-0.4, -0.2) is 29.8 Å². The Morgan fingerprint density at radius 3 is 2.19 bits per heavy atom. The van der Waals surface area contributed by atoms with E-state index in [1.165, 1.54) is 12.1 Å². The first-order valence-corrected chi connectivity index (χ1v) is 9.28. The Labute approximate surface area is 161 Å². The van der Waals surface area contributed by atoms with E-state index in [4.69, 9.17) is 9.47 Å². The molecule has 6 heteroatoms. The molecule has 1 N–H and O–H groups in total. The largest absolute Gasteiger partial charge is 0.460 e. The molecule has 0 aliphatic carbocycles. The normalized spacial score (nSPS) is 15.0. The van der Waals surface area contributed by atoms with Crippen molar-refractivity contribution < 1.29 is 23.5 Å². The van der Waals surface area contributed by atoms with Gasteiger partial charge in [-0.25, -0.2) is 14.0 Å². The lowest BCUT2D eigenvalue weighted by molar-refractivity contribution is -0.152. The Bertz CT molecular complexity index is 667. The first kappa shape index (κ1) is 22.9. The molecule has 1 aromatic carbocycles. The summed E-state index contributed by atoms with van der Waals surface area (Å²) in [6.07, 6.45) is -1.11. The number of benzene rings is 1. The number of nitrogens with one attached hydrogen (secondary N) is 1. The van der Waals surface area contributed by atoms with E-state index in [1.807, 2.05) is 27.7 Å². The second-order valence-electron chi connectivity index (χ2n) is 8.28. The van der Waals surface area contributed by atoms with Crippen LogP contribution in [0, 0.1) is 18.7 Å². The Hall–Kier alpha value is -2.11. The molecular formula is C21H32FNO4. The molecule has 0 saturated heterocycles. The average Bonchev–Trinajstić information content (AvgIpc) is 2.47. The van der Waals surface area contributed by atoms with Crippen LogP contribution in [0.4, 0.5) is 9.18 Å². The standard InChI is InChI=1S/C21H32FNO4/c1-12(2)18(17-10-9-16(22)11-13(17)3)15(5)26-19(24)14(4)23-20(25)27-21(6,7)8/h9-12,14-15,18H,1-8H3,(H,23,25)/t14-,15-,18-/m0/s1. The van der Waals surface area contributed by atoms with E-state index in [0.29, 0.717) is 0 Å². The lowest BCUT2D eigenvalue weighted by Gasteiger charge is -2.30. The van der Waals surface area contributed by atoms with Gasteiger partial charge in [0.2, 0.25) is 0 Å². The molecular weight excluding hydrogens is 349 g/mol. The highest BCUT2D eigenvalue weighted by Crippen LogP contribution is 2.32. The average molecular weight is 381 g/mol. The van der Waals surface area contributed by atoms with Crippen LogP contribution < -0.4 is 5.32 Å². The van der Waals surface area contributed by atoms with Crippen molar-refractivity contribution in [2.24, 2.45) is 5.92 Å². The zero-order chi connectivity index (χ0) is 20.9. The number of amides is 1. The fraction of sp³-hybridized carbons (Fsp3) is 0.619. The van der Waals surface area contributed by atoms with Gasteiger partial charge in [0, 0.05) is 5.92 Å². The number of aryl methyl sites for hydroxylation is 1. The van der Waals surface area contributed by atoms with Gasteiger partial charge in [-0.3, -0.25) is 0 Å². The number of carbonyl (C=O) groups is 2. The fourth-order valence-electron chi connectivity index (χ4n) is 3.07. The predicted octanol–water partition coefficient (Wildman–Crippen LogP) is 4.72. The molecule has 0 fully saturated rings. The summed E-state index contributed by atoms with van der Waals surface area (Å²) in [5, 5.41) is 2.48. The summed E-state index contributed by atoms with van der Waals surface area (Å²) < 4.78 is 24.2. The number of ether oxygens (including phenoxy) is 2. The highest BCUT2D eigenvalue weighted by molar-refractivity contribution is 5.81. The molecule has 0 heterocycles. The number of rotatable bonds is 6. The summed E-state index contributed by atoms with van der Waals surface area (Å²) >= 11 is 0. The smallest absolute Gasteiger partial charge is 0.408 e. The lowest BCUT2D eigenvalue weighted by atomic mass is 9.82. The van der Waals surface area contributed by atoms with Crippen LogP contribution in [0.15, 0.2) is 18.2 Å². The van der Waals surface area contributed by atoms with Crippen molar-refractivity contribution in [3.8, 4) is 0 Å². The molecule has 0 aliphatic heterocycles. The molecule has 5 nitrogen and oxygen atoms in total. The minimum atomic E-state index is -0.843. The summed E-state index contributed by atoms with van der Waals surface area (Å²) in [6, 6.07) is 3.79. The van der Waals surface area contributed by atoms with Gasteiger partial charge >= 0.3 is 12.1 Å². The molecule has 152 valence electrons. The molecule has 3 atom stereocenters. The van der Waals surface area contributed by atoms with Gasteiger partial charge in [0.25, 0.3) is 0 Å². The second-order valence-corrected chi connectivity index (χ2v) is 8.28. The molecule has 1 rings (SSSR count). The van der Waals surface area contributed by atoms with Gasteiger partial charge in [-0.2, -0.15) is 0 Å². The molecule has 0 saturated carbocycles. The van der Waals surface area contributed by atoms with Crippen LogP contribution in [-0.2, 0) is 14.3 Å². The number of carbonyl (C=O) groups excluding carboxylic acids is 2. The third-order valence-corrected chi connectivity index (χ3v) is 4.20. The van der Waals surface area contributed by atoms with Gasteiger partial charge in [-0.15, -0.1) is 0 Å². The van der Waals surface area contributed by atoms with Crippen molar-refractivity contribution in [3.63, 3.8) is 0 Å². The highest BCUT2D eigenvalue weighted by Gasteiger charge is 2.29. The van der Waals surface area contributed by atoms with E-state index in [9.17, 15) is 14.0 Å². The van der Waals surface area contributed by atoms with Crippen LogP contribution in [0.2, 0.25) is 0 Å². The fourth-order valence-corrected chi connectivity index (χ4v) is 3.07. The van der Waals surface area contributed by atoms with Gasteiger partial charge in [-0.1, -0.05) is 19.9 Å². The predicted molar refractivity (Wildman–Crippen MR) is 103 cm³/mol. The maximum Gasteiger partial charge on any atom is 0.408 e. The summed E-state index contributed by atoms with van der Waals surface area (Å²) in [5.74, 6) is -0.758. The van der Waals surface area contributed by atoms with Crippen LogP contribution in [0.5, 0.6) is 0 Å². The van der Waals surface area contributed by atoms with Crippen molar-refractivity contribution in [1.82, 2.24) is 5.32 Å². The molecule has 0 bridgehead atoms. The third-order valence-electron chi connectivity index (χ3n) is 4.20. The first-order chi connectivity index (χ1) is 12.3. The Morgan fingerprint density at radius 1 is 1.11 bits per heavy atom. The molecule has 0 radical (unpaired) electrons. The van der Waals surface area contributed by atoms with E-state index in [2.05, 4.69) is 5.32 Å². The molecule has 0 spiro atoms.